The number of methoxy groups -OCH3 is 1. The van der Waals surface area contributed by atoms with Crippen LogP contribution in [0.5, 0.6) is 5.75 Å². The van der Waals surface area contributed by atoms with Crippen molar-refractivity contribution in [1.29, 1.82) is 0 Å². The van der Waals surface area contributed by atoms with Crippen LogP contribution in [0.15, 0.2) is 24.3 Å². The van der Waals surface area contributed by atoms with E-state index in [1.165, 1.54) is 0 Å². The van der Waals surface area contributed by atoms with Gasteiger partial charge in [-0.15, -0.1) is 0 Å². The lowest BCUT2D eigenvalue weighted by Gasteiger charge is -2.10. The van der Waals surface area contributed by atoms with Gasteiger partial charge in [-0.05, 0) is 31.2 Å². The van der Waals surface area contributed by atoms with E-state index < -0.39 is 0 Å². The van der Waals surface area contributed by atoms with Crippen molar-refractivity contribution in [3.05, 3.63) is 24.3 Å². The van der Waals surface area contributed by atoms with Gasteiger partial charge < -0.3 is 19.9 Å². The maximum absolute atomic E-state index is 11.3. The predicted molar refractivity (Wildman–Crippen MR) is 68.4 cm³/mol. The molecule has 2 N–H and O–H groups in total. The van der Waals surface area contributed by atoms with Gasteiger partial charge in [-0.2, -0.15) is 0 Å². The molecular weight excluding hydrogens is 234 g/mol. The van der Waals surface area contributed by atoms with Gasteiger partial charge in [0.2, 0.25) is 0 Å². The summed E-state index contributed by atoms with van der Waals surface area (Å²) in [5, 5.41) is 0. The zero-order valence-electron chi connectivity index (χ0n) is 10.7. The maximum atomic E-state index is 11.3. The second-order valence-corrected chi connectivity index (χ2v) is 3.90. The zero-order chi connectivity index (χ0) is 13.4. The SMILES string of the molecule is COC(C)COC(=O)CCOc1ccc(N)cc1. The molecule has 100 valence electrons. The van der Waals surface area contributed by atoms with Crippen LogP contribution in [0.25, 0.3) is 0 Å². The van der Waals surface area contributed by atoms with Gasteiger partial charge in [0.1, 0.15) is 12.4 Å². The average molecular weight is 253 g/mol. The number of nitrogens with two attached hydrogens (primary N) is 1. The number of rotatable bonds is 7. The fraction of sp³-hybridized carbons (Fsp3) is 0.462. The molecule has 0 radical (unpaired) electrons. The van der Waals surface area contributed by atoms with Crippen LogP contribution in [0, 0.1) is 0 Å². The van der Waals surface area contributed by atoms with Gasteiger partial charge in [-0.25, -0.2) is 0 Å². The third-order valence-corrected chi connectivity index (χ3v) is 2.34. The molecule has 0 aliphatic heterocycles. The van der Waals surface area contributed by atoms with Crippen molar-refractivity contribution in [3.8, 4) is 5.75 Å². The number of carbonyl (C=O) groups excluding carboxylic acids is 1. The van der Waals surface area contributed by atoms with E-state index in [1.54, 1.807) is 31.4 Å². The minimum Gasteiger partial charge on any atom is -0.493 e. The highest BCUT2D eigenvalue weighted by atomic mass is 16.6. The Labute approximate surface area is 107 Å². The highest BCUT2D eigenvalue weighted by Crippen LogP contribution is 2.13. The summed E-state index contributed by atoms with van der Waals surface area (Å²) in [6, 6.07) is 7.00. The molecule has 0 aliphatic rings. The smallest absolute Gasteiger partial charge is 0.309 e. The number of benzene rings is 1. The van der Waals surface area contributed by atoms with Gasteiger partial charge in [0.15, 0.2) is 0 Å². The second-order valence-electron chi connectivity index (χ2n) is 3.90. The Balaban J connectivity index is 2.17. The highest BCUT2D eigenvalue weighted by Gasteiger charge is 2.06. The average Bonchev–Trinajstić information content (AvgIpc) is 2.38. The molecule has 0 heterocycles. The topological polar surface area (TPSA) is 70.8 Å². The lowest BCUT2D eigenvalue weighted by atomic mass is 10.3. The summed E-state index contributed by atoms with van der Waals surface area (Å²) in [7, 11) is 1.57. The number of esters is 1. The molecule has 0 saturated heterocycles. The van der Waals surface area contributed by atoms with Crippen molar-refractivity contribution < 1.29 is 19.0 Å². The van der Waals surface area contributed by atoms with Gasteiger partial charge in [0, 0.05) is 12.8 Å². The largest absolute Gasteiger partial charge is 0.493 e. The van der Waals surface area contributed by atoms with Crippen molar-refractivity contribution in [1.82, 2.24) is 0 Å². The summed E-state index contributed by atoms with van der Waals surface area (Å²) in [5.74, 6) is 0.386. The van der Waals surface area contributed by atoms with Crippen LogP contribution in [0.4, 0.5) is 5.69 Å². The first kappa shape index (κ1) is 14.3. The van der Waals surface area contributed by atoms with Crippen LogP contribution >= 0.6 is 0 Å². The van der Waals surface area contributed by atoms with E-state index in [-0.39, 0.29) is 31.7 Å². The summed E-state index contributed by atoms with van der Waals surface area (Å²) in [5.41, 5.74) is 6.22. The van der Waals surface area contributed by atoms with E-state index in [4.69, 9.17) is 19.9 Å². The van der Waals surface area contributed by atoms with Crippen molar-refractivity contribution in [2.24, 2.45) is 0 Å². The number of carbonyl (C=O) groups is 1. The quantitative estimate of drug-likeness (QED) is 0.590. The summed E-state index contributed by atoms with van der Waals surface area (Å²) < 4.78 is 15.3. The third kappa shape index (κ3) is 5.54. The van der Waals surface area contributed by atoms with Crippen molar-refractivity contribution in [2.45, 2.75) is 19.4 Å². The van der Waals surface area contributed by atoms with Crippen molar-refractivity contribution in [2.75, 3.05) is 26.1 Å². The lowest BCUT2D eigenvalue weighted by molar-refractivity contribution is -0.147. The minimum absolute atomic E-state index is 0.0908. The van der Waals surface area contributed by atoms with Crippen molar-refractivity contribution >= 4 is 11.7 Å². The predicted octanol–water partition coefficient (Wildman–Crippen LogP) is 1.62. The van der Waals surface area contributed by atoms with Gasteiger partial charge in [-0.1, -0.05) is 0 Å². The van der Waals surface area contributed by atoms with E-state index >= 15 is 0 Å². The van der Waals surface area contributed by atoms with Gasteiger partial charge in [0.25, 0.3) is 0 Å². The molecule has 1 unspecified atom stereocenters. The molecule has 5 heteroatoms. The van der Waals surface area contributed by atoms with Crippen LogP contribution in [-0.2, 0) is 14.3 Å². The third-order valence-electron chi connectivity index (χ3n) is 2.34. The Morgan fingerprint density at radius 1 is 1.33 bits per heavy atom. The Hall–Kier alpha value is -1.75. The van der Waals surface area contributed by atoms with Gasteiger partial charge in [-0.3, -0.25) is 4.79 Å². The van der Waals surface area contributed by atoms with Gasteiger partial charge in [0.05, 0.1) is 19.1 Å². The lowest BCUT2D eigenvalue weighted by Crippen LogP contribution is -2.18. The number of hydrogen-bond donors (Lipinski definition) is 1. The Kier molecular flexibility index (Phi) is 6.00. The number of anilines is 1. The molecule has 0 saturated carbocycles. The molecule has 1 atom stereocenters. The van der Waals surface area contributed by atoms with E-state index in [1.807, 2.05) is 6.92 Å². The molecule has 1 aromatic carbocycles. The molecule has 0 aliphatic carbocycles. The second kappa shape index (κ2) is 7.55. The molecule has 0 bridgehead atoms. The maximum Gasteiger partial charge on any atom is 0.309 e. The van der Waals surface area contributed by atoms with Crippen LogP contribution in [0.2, 0.25) is 0 Å². The summed E-state index contributed by atoms with van der Waals surface area (Å²) in [4.78, 5) is 11.3. The molecule has 0 aromatic heterocycles. The van der Waals surface area contributed by atoms with Crippen LogP contribution in [0.1, 0.15) is 13.3 Å². The molecule has 1 aromatic rings. The number of nitrogen functional groups attached to an aromatic ring is 1. The Morgan fingerprint density at radius 3 is 2.61 bits per heavy atom. The standard InChI is InChI=1S/C13H19NO4/c1-10(16-2)9-18-13(15)7-8-17-12-5-3-11(14)4-6-12/h3-6,10H,7-9,14H2,1-2H3. The molecule has 0 amide bonds. The van der Waals surface area contributed by atoms with E-state index in [2.05, 4.69) is 0 Å². The van der Waals surface area contributed by atoms with E-state index in [9.17, 15) is 4.79 Å². The molecule has 18 heavy (non-hydrogen) atoms. The molecule has 0 fully saturated rings. The van der Waals surface area contributed by atoms with E-state index in [0.717, 1.165) is 0 Å². The summed E-state index contributed by atoms with van der Waals surface area (Å²) >= 11 is 0. The normalized spacial score (nSPS) is 11.9. The molecular formula is C13H19NO4. The fourth-order valence-electron chi connectivity index (χ4n) is 1.17. The van der Waals surface area contributed by atoms with Crippen LogP contribution in [-0.4, -0.2) is 32.4 Å². The Morgan fingerprint density at radius 2 is 2.00 bits per heavy atom. The summed E-state index contributed by atoms with van der Waals surface area (Å²) in [6.45, 7) is 2.37. The molecule has 1 rings (SSSR count). The summed E-state index contributed by atoms with van der Waals surface area (Å²) in [6.07, 6.45) is 0.118. The number of ether oxygens (including phenoxy) is 3. The minimum atomic E-state index is -0.297. The monoisotopic (exact) mass is 253 g/mol. The van der Waals surface area contributed by atoms with Gasteiger partial charge >= 0.3 is 5.97 Å². The Bertz CT molecular complexity index is 364. The first-order chi connectivity index (χ1) is 8.61. The van der Waals surface area contributed by atoms with Crippen LogP contribution < -0.4 is 10.5 Å². The highest BCUT2D eigenvalue weighted by molar-refractivity contribution is 5.69. The molecule has 0 spiro atoms. The van der Waals surface area contributed by atoms with Crippen molar-refractivity contribution in [3.63, 3.8) is 0 Å². The van der Waals surface area contributed by atoms with Crippen LogP contribution in [0.3, 0.4) is 0 Å². The zero-order valence-corrected chi connectivity index (χ0v) is 10.7. The first-order valence-electron chi connectivity index (χ1n) is 5.78. The first-order valence-corrected chi connectivity index (χ1v) is 5.78. The molecule has 5 nitrogen and oxygen atoms in total. The van der Waals surface area contributed by atoms with E-state index in [0.29, 0.717) is 11.4 Å². The fourth-order valence-corrected chi connectivity index (χ4v) is 1.17. The number of hydrogen-bond acceptors (Lipinski definition) is 5.